The molecule has 2 N–H and O–H groups in total. The number of allylic oxidation sites excluding steroid dienone is 5. The molecular weight excluding hydrogens is 604 g/mol. The number of nitrogens with zero attached hydrogens (tertiary/aromatic N) is 4. The molecule has 0 spiro atoms. The van der Waals surface area contributed by atoms with Crippen molar-refractivity contribution in [3.8, 4) is 11.3 Å². The van der Waals surface area contributed by atoms with E-state index in [1.54, 1.807) is 30.8 Å². The van der Waals surface area contributed by atoms with Gasteiger partial charge in [0, 0.05) is 54.2 Å². The zero-order valence-corrected chi connectivity index (χ0v) is 26.9. The maximum Gasteiger partial charge on any atom is 0.327 e. The fourth-order valence-electron chi connectivity index (χ4n) is 6.51. The lowest BCUT2D eigenvalue weighted by atomic mass is 9.74. The van der Waals surface area contributed by atoms with Gasteiger partial charge >= 0.3 is 11.9 Å². The van der Waals surface area contributed by atoms with Crippen LogP contribution < -0.4 is 4.90 Å². The number of aliphatic carboxylic acids is 2. The summed E-state index contributed by atoms with van der Waals surface area (Å²) >= 11 is 0. The first-order valence-corrected chi connectivity index (χ1v) is 16.1. The molecular formula is C39H38N4O5. The summed E-state index contributed by atoms with van der Waals surface area (Å²) in [4.78, 5) is 39.3. The van der Waals surface area contributed by atoms with Crippen molar-refractivity contribution in [2.75, 3.05) is 4.90 Å². The van der Waals surface area contributed by atoms with Gasteiger partial charge in [-0.15, -0.1) is 0 Å². The normalized spacial score (nSPS) is 25.3. The number of carboxylic acids is 2. The van der Waals surface area contributed by atoms with Crippen molar-refractivity contribution in [3.05, 3.63) is 127 Å². The summed E-state index contributed by atoms with van der Waals surface area (Å²) in [6.07, 6.45) is 23.1. The van der Waals surface area contributed by atoms with Crippen LogP contribution in [0.3, 0.4) is 0 Å². The zero-order valence-electron chi connectivity index (χ0n) is 26.9. The second-order valence-electron chi connectivity index (χ2n) is 12.7. The summed E-state index contributed by atoms with van der Waals surface area (Å²) in [5, 5.41) is 18.5. The topological polar surface area (TPSA) is 129 Å². The number of hydrogen-bond donors (Lipinski definition) is 2. The van der Waals surface area contributed by atoms with Crippen LogP contribution in [0.2, 0.25) is 0 Å². The molecule has 9 nitrogen and oxygen atoms in total. The Kier molecular flexibility index (Phi) is 9.48. The van der Waals surface area contributed by atoms with Gasteiger partial charge in [0.05, 0.1) is 34.9 Å². The van der Waals surface area contributed by atoms with E-state index in [0.717, 1.165) is 34.4 Å². The van der Waals surface area contributed by atoms with Crippen LogP contribution in [0.15, 0.2) is 136 Å². The van der Waals surface area contributed by atoms with Crippen molar-refractivity contribution in [2.24, 2.45) is 27.2 Å². The predicted molar refractivity (Wildman–Crippen MR) is 188 cm³/mol. The van der Waals surface area contributed by atoms with Crippen LogP contribution in [0.25, 0.3) is 11.3 Å². The maximum atomic E-state index is 11.5. The third kappa shape index (κ3) is 7.52. The molecule has 5 atom stereocenters. The van der Waals surface area contributed by atoms with Crippen LogP contribution >= 0.6 is 0 Å². The minimum Gasteiger partial charge on any atom is -0.478 e. The van der Waals surface area contributed by atoms with Crippen LogP contribution in [0.5, 0.6) is 0 Å². The molecule has 6 rings (SSSR count). The van der Waals surface area contributed by atoms with Gasteiger partial charge in [0.15, 0.2) is 0 Å². The van der Waals surface area contributed by atoms with Gasteiger partial charge in [0.25, 0.3) is 0 Å². The molecule has 3 aliphatic rings. The zero-order chi connectivity index (χ0) is 33.7. The minimum absolute atomic E-state index is 0.108. The third-order valence-corrected chi connectivity index (χ3v) is 8.91. The van der Waals surface area contributed by atoms with Crippen molar-refractivity contribution in [2.45, 2.75) is 45.2 Å². The van der Waals surface area contributed by atoms with E-state index in [4.69, 9.17) is 19.5 Å². The number of carbonyl (C=O) groups is 2. The van der Waals surface area contributed by atoms with Crippen molar-refractivity contribution in [3.63, 3.8) is 0 Å². The van der Waals surface area contributed by atoms with Gasteiger partial charge in [0.2, 0.25) is 0 Å². The van der Waals surface area contributed by atoms with Crippen LogP contribution in [0.1, 0.15) is 38.8 Å². The molecule has 1 aromatic carbocycles. The standard InChI is InChI=1S/C39H38N4O5/c1-26-8-6-7-11-35(26)43(29-9-4-3-5-10-29)30-22-36(48-25-30)28-16-19-41-32(21-28)34-24-39(2,17-14-38(46)47)23-33(42-34)31-20-27(15-18-40-31)12-13-37(44)45/h3-14,16-22,25-27,33,35H,15,23-24H2,1-2H3,(H,44,45)(H,46,47)/b13-12+,17-14+. The molecule has 0 bridgehead atoms. The Bertz CT molecular complexity index is 1880. The highest BCUT2D eigenvalue weighted by Gasteiger charge is 2.35. The van der Waals surface area contributed by atoms with Crippen LogP contribution in [0, 0.1) is 17.3 Å². The quantitative estimate of drug-likeness (QED) is 0.216. The Morgan fingerprint density at radius 3 is 2.58 bits per heavy atom. The van der Waals surface area contributed by atoms with Crippen LogP contribution in [0.4, 0.5) is 11.4 Å². The average molecular weight is 643 g/mol. The fraction of sp³-hybridized carbons (Fsp3) is 0.256. The number of benzene rings is 1. The summed E-state index contributed by atoms with van der Waals surface area (Å²) in [5.74, 6) is -1.17. The summed E-state index contributed by atoms with van der Waals surface area (Å²) in [7, 11) is 0. The SMILES string of the molecule is CC1C=CC=CC1N(c1ccccc1)c1coc(-c2ccnc(C3=NC(C4=CC(/C=C/C(=O)O)CC=N4)CC(C)(/C=C/C(=O)O)C3)c2)c1. The smallest absolute Gasteiger partial charge is 0.327 e. The third-order valence-electron chi connectivity index (χ3n) is 8.91. The Morgan fingerprint density at radius 1 is 1.02 bits per heavy atom. The van der Waals surface area contributed by atoms with E-state index < -0.39 is 17.4 Å². The number of aliphatic imine (C=N–C) groups is 2. The molecule has 244 valence electrons. The number of aromatic nitrogens is 1. The van der Waals surface area contributed by atoms with E-state index in [-0.39, 0.29) is 23.9 Å². The number of pyridine rings is 1. The summed E-state index contributed by atoms with van der Waals surface area (Å²) in [6.45, 7) is 4.22. The predicted octanol–water partition coefficient (Wildman–Crippen LogP) is 7.82. The molecule has 0 amide bonds. The highest BCUT2D eigenvalue weighted by Crippen LogP contribution is 2.41. The van der Waals surface area contributed by atoms with E-state index in [1.165, 1.54) is 6.08 Å². The highest BCUT2D eigenvalue weighted by molar-refractivity contribution is 6.01. The Morgan fingerprint density at radius 2 is 1.81 bits per heavy atom. The minimum atomic E-state index is -1.02. The lowest BCUT2D eigenvalue weighted by molar-refractivity contribution is -0.132. The van der Waals surface area contributed by atoms with Crippen molar-refractivity contribution < 1.29 is 24.2 Å². The number of anilines is 2. The molecule has 3 aromatic rings. The van der Waals surface area contributed by atoms with E-state index in [9.17, 15) is 14.7 Å². The number of furan rings is 1. The lowest BCUT2D eigenvalue weighted by Gasteiger charge is -2.35. The largest absolute Gasteiger partial charge is 0.478 e. The molecule has 4 heterocycles. The van der Waals surface area contributed by atoms with Gasteiger partial charge in [-0.1, -0.05) is 74.6 Å². The number of hydrogen-bond acceptors (Lipinski definition) is 7. The first-order chi connectivity index (χ1) is 23.2. The van der Waals surface area contributed by atoms with Crippen molar-refractivity contribution >= 4 is 35.2 Å². The van der Waals surface area contributed by atoms with Gasteiger partial charge < -0.3 is 19.5 Å². The number of para-hydroxylation sites is 1. The molecule has 2 aliphatic heterocycles. The summed E-state index contributed by atoms with van der Waals surface area (Å²) in [5.41, 5.74) is 4.42. The average Bonchev–Trinajstić information content (AvgIpc) is 3.58. The molecule has 2 aromatic heterocycles. The second kappa shape index (κ2) is 14.0. The van der Waals surface area contributed by atoms with E-state index in [2.05, 4.69) is 53.3 Å². The van der Waals surface area contributed by atoms with Gasteiger partial charge in [-0.2, -0.15) is 0 Å². The second-order valence-corrected chi connectivity index (χ2v) is 12.7. The van der Waals surface area contributed by atoms with Gasteiger partial charge in [0.1, 0.15) is 12.0 Å². The van der Waals surface area contributed by atoms with Crippen LogP contribution in [-0.4, -0.2) is 51.1 Å². The summed E-state index contributed by atoms with van der Waals surface area (Å²) in [6, 6.07) is 15.9. The van der Waals surface area contributed by atoms with Crippen molar-refractivity contribution in [1.29, 1.82) is 0 Å². The first kappa shape index (κ1) is 32.4. The maximum absolute atomic E-state index is 11.5. The molecule has 5 unspecified atom stereocenters. The first-order valence-electron chi connectivity index (χ1n) is 16.1. The molecule has 0 radical (unpaired) electrons. The van der Waals surface area contributed by atoms with Gasteiger partial charge in [-0.25, -0.2) is 9.59 Å². The Balaban J connectivity index is 1.34. The molecule has 9 heteroatoms. The number of rotatable bonds is 10. The van der Waals surface area contributed by atoms with Crippen LogP contribution in [-0.2, 0) is 9.59 Å². The molecule has 1 aliphatic carbocycles. The highest BCUT2D eigenvalue weighted by atomic mass is 16.4. The van der Waals surface area contributed by atoms with Gasteiger partial charge in [-0.05, 0) is 48.4 Å². The van der Waals surface area contributed by atoms with Crippen molar-refractivity contribution in [1.82, 2.24) is 4.98 Å². The Hall–Kier alpha value is -5.57. The van der Waals surface area contributed by atoms with Gasteiger partial charge in [-0.3, -0.25) is 15.0 Å². The molecule has 48 heavy (non-hydrogen) atoms. The van der Waals surface area contributed by atoms with E-state index in [0.29, 0.717) is 30.7 Å². The molecule has 0 saturated carbocycles. The van der Waals surface area contributed by atoms with E-state index in [1.807, 2.05) is 49.4 Å². The molecule has 0 fully saturated rings. The fourth-order valence-corrected chi connectivity index (χ4v) is 6.51. The Labute approximate surface area is 279 Å². The lowest BCUT2D eigenvalue weighted by Crippen LogP contribution is -2.34. The summed E-state index contributed by atoms with van der Waals surface area (Å²) < 4.78 is 6.19. The monoisotopic (exact) mass is 642 g/mol. The number of carboxylic acid groups (broad SMARTS) is 2. The van der Waals surface area contributed by atoms with E-state index >= 15 is 0 Å². The molecule has 0 saturated heterocycles.